The lowest BCUT2D eigenvalue weighted by molar-refractivity contribution is -0.126. The zero-order valence-corrected chi connectivity index (χ0v) is 17.2. The topological polar surface area (TPSA) is 59.5 Å². The van der Waals surface area contributed by atoms with E-state index in [1.165, 1.54) is 0 Å². The smallest absolute Gasteiger partial charge is 0.339 e. The number of benzene rings is 2. The van der Waals surface area contributed by atoms with E-state index in [1.54, 1.807) is 11.8 Å². The van der Waals surface area contributed by atoms with Crippen LogP contribution < -0.4 is 4.90 Å². The number of nitrogens with zero attached hydrogens (tertiary/aromatic N) is 2. The molecule has 2 atom stereocenters. The van der Waals surface area contributed by atoms with Gasteiger partial charge in [0.25, 0.3) is 5.91 Å². The number of pyridine rings is 1. The quantitative estimate of drug-likeness (QED) is 0.617. The van der Waals surface area contributed by atoms with Gasteiger partial charge in [-0.3, -0.25) is 9.78 Å². The molecule has 0 bridgehead atoms. The molecular weight excluding hydrogens is 376 g/mol. The number of ether oxygens (including phenoxy) is 1. The summed E-state index contributed by atoms with van der Waals surface area (Å²) < 4.78 is 5.75. The summed E-state index contributed by atoms with van der Waals surface area (Å²) in [5, 5.41) is 0.794. The summed E-state index contributed by atoms with van der Waals surface area (Å²) >= 11 is 0. The molecule has 2 aromatic carbocycles. The summed E-state index contributed by atoms with van der Waals surface area (Å²) in [4.78, 5) is 33.0. The van der Waals surface area contributed by atoms with E-state index >= 15 is 0 Å². The zero-order chi connectivity index (χ0) is 20.8. The number of rotatable bonds is 3. The Morgan fingerprint density at radius 3 is 2.73 bits per heavy atom. The molecule has 30 heavy (non-hydrogen) atoms. The molecule has 0 unspecified atom stereocenters. The number of carbonyl (C=O) groups is 2. The van der Waals surface area contributed by atoms with Crippen LogP contribution in [-0.4, -0.2) is 29.0 Å². The first-order chi connectivity index (χ1) is 14.5. The average Bonchev–Trinajstić information content (AvgIpc) is 3.34. The van der Waals surface area contributed by atoms with Crippen molar-refractivity contribution in [2.45, 2.75) is 51.7 Å². The third kappa shape index (κ3) is 2.96. The normalized spacial score (nSPS) is 18.2. The molecule has 5 rings (SSSR count). The molecule has 152 valence electrons. The van der Waals surface area contributed by atoms with Crippen LogP contribution in [0.5, 0.6) is 0 Å². The molecule has 1 aliphatic heterocycles. The van der Waals surface area contributed by atoms with Gasteiger partial charge in [0.15, 0.2) is 6.10 Å². The van der Waals surface area contributed by atoms with Crippen LogP contribution in [0.1, 0.15) is 47.4 Å². The molecule has 0 radical (unpaired) electrons. The first-order valence-electron chi connectivity index (χ1n) is 10.6. The second-order valence-electron chi connectivity index (χ2n) is 8.22. The highest BCUT2D eigenvalue weighted by atomic mass is 16.5. The Morgan fingerprint density at radius 2 is 1.87 bits per heavy atom. The van der Waals surface area contributed by atoms with Gasteiger partial charge < -0.3 is 9.64 Å². The van der Waals surface area contributed by atoms with Gasteiger partial charge in [-0.15, -0.1) is 0 Å². The molecule has 5 nitrogen and oxygen atoms in total. The highest BCUT2D eigenvalue weighted by molar-refractivity contribution is 6.07. The van der Waals surface area contributed by atoms with Crippen LogP contribution in [0.2, 0.25) is 0 Å². The van der Waals surface area contributed by atoms with Gasteiger partial charge in [0.1, 0.15) is 0 Å². The molecular formula is C25H24N2O3. The second kappa shape index (κ2) is 7.24. The van der Waals surface area contributed by atoms with E-state index in [0.717, 1.165) is 59.1 Å². The number of aromatic nitrogens is 1. The van der Waals surface area contributed by atoms with E-state index < -0.39 is 12.1 Å². The first kappa shape index (κ1) is 18.8. The summed E-state index contributed by atoms with van der Waals surface area (Å²) in [6.07, 6.45) is 2.61. The maximum atomic E-state index is 13.3. The molecule has 2 aliphatic rings. The minimum Gasteiger partial charge on any atom is -0.449 e. The van der Waals surface area contributed by atoms with E-state index in [0.29, 0.717) is 5.56 Å². The van der Waals surface area contributed by atoms with Crippen molar-refractivity contribution in [3.05, 3.63) is 70.9 Å². The molecule has 0 saturated carbocycles. The van der Waals surface area contributed by atoms with Crippen LogP contribution in [0.3, 0.4) is 0 Å². The lowest BCUT2D eigenvalue weighted by Crippen LogP contribution is -2.43. The number of anilines is 1. The number of hydrogen-bond donors (Lipinski definition) is 0. The van der Waals surface area contributed by atoms with Gasteiger partial charge in [-0.2, -0.15) is 0 Å². The van der Waals surface area contributed by atoms with E-state index in [-0.39, 0.29) is 11.9 Å². The third-order valence-corrected chi connectivity index (χ3v) is 6.20. The van der Waals surface area contributed by atoms with Crippen molar-refractivity contribution < 1.29 is 14.3 Å². The Balaban J connectivity index is 1.45. The Hall–Kier alpha value is -3.21. The SMILES string of the molecule is C[C@@H]1Cc2ccccc2N1C(=O)[C@@H](C)OC(=O)c1c2c(nc3ccccc13)CCC2. The van der Waals surface area contributed by atoms with Crippen LogP contribution in [0, 0.1) is 0 Å². The minimum atomic E-state index is -0.866. The standard InChI is InChI=1S/C25H24N2O3/c1-15-14-17-8-3-6-13-22(17)27(15)24(28)16(2)30-25(29)23-18-9-4-5-11-20(18)26-21-12-7-10-19(21)23/h3-6,8-9,11,13,15-16H,7,10,12,14H2,1-2H3/t15-,16-/m1/s1. The molecule has 5 heteroatoms. The number of aryl methyl sites for hydroxylation is 1. The number of para-hydroxylation sites is 2. The third-order valence-electron chi connectivity index (χ3n) is 6.20. The van der Waals surface area contributed by atoms with Crippen molar-refractivity contribution in [3.8, 4) is 0 Å². The number of esters is 1. The highest BCUT2D eigenvalue weighted by Crippen LogP contribution is 2.33. The van der Waals surface area contributed by atoms with Crippen LogP contribution in [0.4, 0.5) is 5.69 Å². The van der Waals surface area contributed by atoms with Gasteiger partial charge in [0, 0.05) is 22.8 Å². The highest BCUT2D eigenvalue weighted by Gasteiger charge is 2.35. The predicted octanol–water partition coefficient (Wildman–Crippen LogP) is 4.25. The molecule has 1 amide bonds. The van der Waals surface area contributed by atoms with Crippen molar-refractivity contribution in [1.82, 2.24) is 4.98 Å². The van der Waals surface area contributed by atoms with Gasteiger partial charge >= 0.3 is 5.97 Å². The Kier molecular flexibility index (Phi) is 4.54. The molecule has 2 heterocycles. The Morgan fingerprint density at radius 1 is 1.10 bits per heavy atom. The molecule has 3 aromatic rings. The minimum absolute atomic E-state index is 0.0436. The number of fused-ring (bicyclic) bond motifs is 3. The fourth-order valence-corrected chi connectivity index (χ4v) is 4.81. The fraction of sp³-hybridized carbons (Fsp3) is 0.320. The van der Waals surface area contributed by atoms with Gasteiger partial charge in [0.2, 0.25) is 0 Å². The van der Waals surface area contributed by atoms with Gasteiger partial charge in [-0.25, -0.2) is 4.79 Å². The van der Waals surface area contributed by atoms with E-state index in [1.807, 2.05) is 55.5 Å². The van der Waals surface area contributed by atoms with Crippen molar-refractivity contribution in [3.63, 3.8) is 0 Å². The average molecular weight is 400 g/mol. The lowest BCUT2D eigenvalue weighted by atomic mass is 10.0. The van der Waals surface area contributed by atoms with Crippen LogP contribution in [-0.2, 0) is 28.8 Å². The number of amides is 1. The predicted molar refractivity (Wildman–Crippen MR) is 116 cm³/mol. The van der Waals surface area contributed by atoms with Gasteiger partial charge in [-0.05, 0) is 62.8 Å². The van der Waals surface area contributed by atoms with Gasteiger partial charge in [-0.1, -0.05) is 36.4 Å². The summed E-state index contributed by atoms with van der Waals surface area (Å²) in [5.74, 6) is -0.622. The molecule has 0 spiro atoms. The monoisotopic (exact) mass is 400 g/mol. The first-order valence-corrected chi connectivity index (χ1v) is 10.6. The van der Waals surface area contributed by atoms with Gasteiger partial charge in [0.05, 0.1) is 11.1 Å². The van der Waals surface area contributed by atoms with E-state index in [9.17, 15) is 9.59 Å². The van der Waals surface area contributed by atoms with Crippen molar-refractivity contribution >= 4 is 28.5 Å². The number of carbonyl (C=O) groups excluding carboxylic acids is 2. The number of hydrogen-bond acceptors (Lipinski definition) is 4. The van der Waals surface area contributed by atoms with E-state index in [4.69, 9.17) is 9.72 Å². The molecule has 0 saturated heterocycles. The van der Waals surface area contributed by atoms with Crippen LogP contribution in [0.25, 0.3) is 10.9 Å². The maximum Gasteiger partial charge on any atom is 0.339 e. The molecule has 0 N–H and O–H groups in total. The maximum absolute atomic E-state index is 13.3. The van der Waals surface area contributed by atoms with Crippen molar-refractivity contribution in [2.75, 3.05) is 4.90 Å². The molecule has 1 aromatic heterocycles. The van der Waals surface area contributed by atoms with Crippen molar-refractivity contribution in [2.24, 2.45) is 0 Å². The fourth-order valence-electron chi connectivity index (χ4n) is 4.81. The summed E-state index contributed by atoms with van der Waals surface area (Å²) in [5.41, 5.74) is 5.37. The second-order valence-corrected chi connectivity index (χ2v) is 8.22. The van der Waals surface area contributed by atoms with Crippen molar-refractivity contribution in [1.29, 1.82) is 0 Å². The lowest BCUT2D eigenvalue weighted by Gasteiger charge is -2.26. The Bertz CT molecular complexity index is 1170. The van der Waals surface area contributed by atoms with Crippen LogP contribution in [0.15, 0.2) is 48.5 Å². The summed E-state index contributed by atoms with van der Waals surface area (Å²) in [6, 6.07) is 15.6. The molecule has 0 fully saturated rings. The van der Waals surface area contributed by atoms with Crippen LogP contribution >= 0.6 is 0 Å². The molecule has 1 aliphatic carbocycles. The zero-order valence-electron chi connectivity index (χ0n) is 17.2. The summed E-state index contributed by atoms with van der Waals surface area (Å²) in [7, 11) is 0. The Labute approximate surface area is 175 Å². The largest absolute Gasteiger partial charge is 0.449 e. The van der Waals surface area contributed by atoms with E-state index in [2.05, 4.69) is 0 Å². The summed E-state index contributed by atoms with van der Waals surface area (Å²) in [6.45, 7) is 3.69.